The number of fused-ring (bicyclic) bond motifs is 2. The molecular weight excluding hydrogens is 725 g/mol. The molecule has 2 amide bonds. The maximum absolute atomic E-state index is 12.7. The lowest BCUT2D eigenvalue weighted by atomic mass is 9.86. The molecule has 0 saturated heterocycles. The normalized spacial score (nSPS) is 13.4. The fourth-order valence-corrected chi connectivity index (χ4v) is 6.63. The number of rotatable bonds is 6. The van der Waals surface area contributed by atoms with Gasteiger partial charge in [0, 0.05) is 22.3 Å². The van der Waals surface area contributed by atoms with Crippen LogP contribution in [0.25, 0.3) is 44.1 Å². The zero-order chi connectivity index (χ0) is 42.2. The molecule has 0 bridgehead atoms. The molecule has 0 unspecified atom stereocenters. The number of carbonyl (C=O) groups is 2. The lowest BCUT2D eigenvalue weighted by Gasteiger charge is -2.31. The molecule has 2 aromatic heterocycles. The number of carbonyl (C=O) groups excluding carboxylic acids is 2. The lowest BCUT2D eigenvalue weighted by molar-refractivity contribution is 0.0448. The zero-order valence-corrected chi connectivity index (χ0v) is 35.8. The highest BCUT2D eigenvalue weighted by Gasteiger charge is 2.33. The first-order valence-corrected chi connectivity index (χ1v) is 19.7. The van der Waals surface area contributed by atoms with Crippen molar-refractivity contribution in [3.63, 3.8) is 0 Å². The van der Waals surface area contributed by atoms with E-state index in [0.29, 0.717) is 11.6 Å². The minimum atomic E-state index is -0.600. The van der Waals surface area contributed by atoms with Crippen molar-refractivity contribution in [2.75, 3.05) is 0 Å². The summed E-state index contributed by atoms with van der Waals surface area (Å²) in [7, 11) is 0. The second-order valence-corrected chi connectivity index (χ2v) is 19.1. The number of amides is 2. The average molecular weight is 781 g/mol. The van der Waals surface area contributed by atoms with E-state index in [2.05, 4.69) is 145 Å². The zero-order valence-electron chi connectivity index (χ0n) is 35.8. The van der Waals surface area contributed by atoms with Crippen LogP contribution < -0.4 is 10.6 Å². The second-order valence-electron chi connectivity index (χ2n) is 19.1. The Balaban J connectivity index is 1.16. The van der Waals surface area contributed by atoms with Gasteiger partial charge >= 0.3 is 12.2 Å². The highest BCUT2D eigenvalue weighted by Crippen LogP contribution is 2.35. The van der Waals surface area contributed by atoms with E-state index >= 15 is 0 Å². The van der Waals surface area contributed by atoms with Gasteiger partial charge in [-0.25, -0.2) is 19.6 Å². The van der Waals surface area contributed by atoms with E-state index in [1.165, 1.54) is 0 Å². The SMILES string of the molecule is CC(C)(C)OC(=O)N[C@H](c1ncc(-c2ccc3cc(C#Cc4ccc5cc(-c6cnc([C@@H](NC(=O)OC(C)(C)C)C(C)(C)C)[nH]6)ccc5c4)ccc3c2)[nH]1)C(C)(C)C. The van der Waals surface area contributed by atoms with Gasteiger partial charge in [-0.2, -0.15) is 0 Å². The molecule has 10 nitrogen and oxygen atoms in total. The fraction of sp³-hybridized carbons (Fsp3) is 0.375. The van der Waals surface area contributed by atoms with Crippen molar-refractivity contribution < 1.29 is 19.1 Å². The first-order chi connectivity index (χ1) is 27.0. The topological polar surface area (TPSA) is 134 Å². The summed E-state index contributed by atoms with van der Waals surface area (Å²) in [5.74, 6) is 8.03. The molecule has 2 heterocycles. The monoisotopic (exact) mass is 780 g/mol. The van der Waals surface area contributed by atoms with E-state index in [-0.39, 0.29) is 22.9 Å². The number of imidazole rings is 2. The Bertz CT molecular complexity index is 2350. The molecule has 0 saturated carbocycles. The summed E-state index contributed by atoms with van der Waals surface area (Å²) >= 11 is 0. The van der Waals surface area contributed by atoms with Crippen LogP contribution in [0.4, 0.5) is 9.59 Å². The summed E-state index contributed by atoms with van der Waals surface area (Å²) in [6.45, 7) is 23.4. The maximum Gasteiger partial charge on any atom is 0.408 e. The van der Waals surface area contributed by atoms with Crippen molar-refractivity contribution in [3.05, 3.63) is 108 Å². The van der Waals surface area contributed by atoms with Crippen molar-refractivity contribution in [3.8, 4) is 34.4 Å². The molecule has 4 aromatic carbocycles. The van der Waals surface area contributed by atoms with Crippen LogP contribution in [0.3, 0.4) is 0 Å². The summed E-state index contributed by atoms with van der Waals surface area (Å²) in [4.78, 5) is 41.5. The molecular formula is C48H56N6O4. The van der Waals surface area contributed by atoms with Crippen molar-refractivity contribution in [1.29, 1.82) is 0 Å². The molecule has 0 aliphatic rings. The van der Waals surface area contributed by atoms with Gasteiger partial charge in [-0.05, 0) is 110 Å². The number of alkyl carbamates (subject to hydrolysis) is 2. The summed E-state index contributed by atoms with van der Waals surface area (Å²) in [6, 6.07) is 24.3. The van der Waals surface area contributed by atoms with Crippen LogP contribution in [0.5, 0.6) is 0 Å². The Kier molecular flexibility index (Phi) is 11.2. The first kappa shape index (κ1) is 41.6. The van der Waals surface area contributed by atoms with Gasteiger partial charge in [0.1, 0.15) is 22.9 Å². The molecule has 0 radical (unpaired) electrons. The van der Waals surface area contributed by atoms with E-state index in [1.807, 2.05) is 53.7 Å². The van der Waals surface area contributed by atoms with E-state index in [9.17, 15) is 9.59 Å². The van der Waals surface area contributed by atoms with E-state index < -0.39 is 23.4 Å². The van der Waals surface area contributed by atoms with Crippen LogP contribution in [0.1, 0.15) is 118 Å². The number of nitrogens with one attached hydrogen (secondary N) is 4. The third-order valence-corrected chi connectivity index (χ3v) is 9.45. The molecule has 6 rings (SSSR count). The van der Waals surface area contributed by atoms with Crippen LogP contribution in [0, 0.1) is 22.7 Å². The Morgan fingerprint density at radius 2 is 0.879 bits per heavy atom. The number of benzene rings is 4. The lowest BCUT2D eigenvalue weighted by Crippen LogP contribution is -2.40. The maximum atomic E-state index is 12.7. The Morgan fingerprint density at radius 3 is 1.22 bits per heavy atom. The van der Waals surface area contributed by atoms with Gasteiger partial charge in [-0.15, -0.1) is 0 Å². The van der Waals surface area contributed by atoms with Crippen molar-refractivity contribution in [2.45, 2.75) is 106 Å². The van der Waals surface area contributed by atoms with Gasteiger partial charge in [0.15, 0.2) is 0 Å². The predicted octanol–water partition coefficient (Wildman–Crippen LogP) is 11.4. The number of hydrogen-bond acceptors (Lipinski definition) is 6. The number of nitrogens with zero attached hydrogens (tertiary/aromatic N) is 2. The second kappa shape index (κ2) is 15.7. The Labute approximate surface area is 342 Å². The van der Waals surface area contributed by atoms with Gasteiger partial charge in [0.2, 0.25) is 0 Å². The van der Waals surface area contributed by atoms with Crippen LogP contribution in [0.15, 0.2) is 85.2 Å². The van der Waals surface area contributed by atoms with E-state index in [0.717, 1.165) is 55.2 Å². The van der Waals surface area contributed by atoms with Gasteiger partial charge in [0.25, 0.3) is 0 Å². The number of aromatic nitrogens is 4. The molecule has 58 heavy (non-hydrogen) atoms. The minimum Gasteiger partial charge on any atom is -0.444 e. The number of hydrogen-bond donors (Lipinski definition) is 4. The van der Waals surface area contributed by atoms with Crippen molar-refractivity contribution in [2.24, 2.45) is 10.8 Å². The quantitative estimate of drug-likeness (QED) is 0.124. The Morgan fingerprint density at radius 1 is 0.534 bits per heavy atom. The highest BCUT2D eigenvalue weighted by atomic mass is 16.6. The third-order valence-electron chi connectivity index (χ3n) is 9.45. The molecule has 2 atom stereocenters. The summed E-state index contributed by atoms with van der Waals surface area (Å²) in [5.41, 5.74) is 3.73. The van der Waals surface area contributed by atoms with Gasteiger partial charge in [-0.1, -0.05) is 89.8 Å². The minimum absolute atomic E-state index is 0.309. The third kappa shape index (κ3) is 10.5. The molecule has 0 spiro atoms. The van der Waals surface area contributed by atoms with Crippen LogP contribution in [-0.4, -0.2) is 43.3 Å². The predicted molar refractivity (Wildman–Crippen MR) is 232 cm³/mol. The van der Waals surface area contributed by atoms with Crippen molar-refractivity contribution >= 4 is 33.7 Å². The molecule has 10 heteroatoms. The number of aromatic amines is 2. The molecule has 0 aliphatic carbocycles. The standard InChI is InChI=1S/C48H56N6O4/c1-45(2,3)39(53-43(55)57-47(7,8)9)41-49-27-37(51-41)35-21-19-31-23-29(15-17-33(31)25-35)13-14-30-16-18-34-26-36(22-20-32(34)24-30)38-28-50-42(52-38)40(46(4,5)6)54-44(56)58-48(10,11)12/h15-28,39-40H,1-12H3,(H,49,51)(H,50,52)(H,53,55)(H,54,56)/t39-,40-/m1/s1. The first-order valence-electron chi connectivity index (χ1n) is 19.7. The largest absolute Gasteiger partial charge is 0.444 e. The van der Waals surface area contributed by atoms with Crippen LogP contribution in [-0.2, 0) is 9.47 Å². The van der Waals surface area contributed by atoms with Gasteiger partial charge < -0.3 is 30.1 Å². The highest BCUT2D eigenvalue weighted by molar-refractivity contribution is 5.89. The smallest absolute Gasteiger partial charge is 0.408 e. The van der Waals surface area contributed by atoms with E-state index in [4.69, 9.17) is 9.47 Å². The van der Waals surface area contributed by atoms with Gasteiger partial charge in [-0.3, -0.25) is 0 Å². The average Bonchev–Trinajstić information content (AvgIpc) is 3.80. The summed E-state index contributed by atoms with van der Waals surface area (Å²) in [5, 5.41) is 10.3. The number of H-pyrrole nitrogens is 2. The molecule has 0 fully saturated rings. The van der Waals surface area contributed by atoms with Crippen LogP contribution in [0.2, 0.25) is 0 Å². The molecule has 6 aromatic rings. The van der Waals surface area contributed by atoms with Crippen molar-refractivity contribution in [1.82, 2.24) is 30.6 Å². The Hall–Kier alpha value is -6.08. The molecule has 0 aliphatic heterocycles. The fourth-order valence-electron chi connectivity index (χ4n) is 6.63. The van der Waals surface area contributed by atoms with Crippen LogP contribution >= 0.6 is 0 Å². The summed E-state index contributed by atoms with van der Waals surface area (Å²) < 4.78 is 11.1. The van der Waals surface area contributed by atoms with E-state index in [1.54, 1.807) is 12.4 Å². The molecule has 4 N–H and O–H groups in total. The number of ether oxygens (including phenoxy) is 2. The molecule has 302 valence electrons. The summed E-state index contributed by atoms with van der Waals surface area (Å²) in [6.07, 6.45) is 2.65. The van der Waals surface area contributed by atoms with Gasteiger partial charge in [0.05, 0.1) is 35.9 Å².